The molecule has 1 heterocycles. The minimum Gasteiger partial charge on any atom is -0.465 e. The summed E-state index contributed by atoms with van der Waals surface area (Å²) in [5.41, 5.74) is 1.15. The van der Waals surface area contributed by atoms with Gasteiger partial charge >= 0.3 is 5.97 Å². The van der Waals surface area contributed by atoms with E-state index < -0.39 is 11.9 Å². The number of carbonyl (C=O) groups is 4. The van der Waals surface area contributed by atoms with Gasteiger partial charge in [0.15, 0.2) is 0 Å². The summed E-state index contributed by atoms with van der Waals surface area (Å²) in [4.78, 5) is 50.6. The van der Waals surface area contributed by atoms with Crippen LogP contribution >= 0.6 is 0 Å². The highest BCUT2D eigenvalue weighted by Gasteiger charge is 2.21. The first kappa shape index (κ1) is 20.2. The van der Waals surface area contributed by atoms with Gasteiger partial charge in [0.25, 0.3) is 5.91 Å². The second-order valence-electron chi connectivity index (χ2n) is 6.18. The number of rotatable bonds is 4. The lowest BCUT2D eigenvalue weighted by Gasteiger charge is -2.33. The third-order valence-corrected chi connectivity index (χ3v) is 4.30. The first-order valence-corrected chi connectivity index (χ1v) is 8.54. The lowest BCUT2D eigenvalue weighted by atomic mass is 10.2. The number of carbonyl (C=O) groups excluding carboxylic acids is 4. The van der Waals surface area contributed by atoms with Crippen LogP contribution in [0.2, 0.25) is 0 Å². The molecular formula is C19H23N3O5. The van der Waals surface area contributed by atoms with Gasteiger partial charge in [-0.05, 0) is 31.2 Å². The summed E-state index contributed by atoms with van der Waals surface area (Å²) < 4.78 is 4.62. The lowest BCUT2D eigenvalue weighted by molar-refractivity contribution is -0.135. The number of ether oxygens (including phenoxy) is 1. The monoisotopic (exact) mass is 373 g/mol. The summed E-state index contributed by atoms with van der Waals surface area (Å²) in [6.07, 6.45) is 1.29. The van der Waals surface area contributed by atoms with Gasteiger partial charge in [0.1, 0.15) is 0 Å². The Morgan fingerprint density at radius 2 is 1.52 bits per heavy atom. The van der Waals surface area contributed by atoms with E-state index in [0.29, 0.717) is 37.4 Å². The molecule has 0 bridgehead atoms. The minimum atomic E-state index is -0.459. The van der Waals surface area contributed by atoms with Gasteiger partial charge in [0.2, 0.25) is 11.8 Å². The summed E-state index contributed by atoms with van der Waals surface area (Å²) in [6, 6.07) is 6.25. The molecule has 1 N–H and O–H groups in total. The first-order chi connectivity index (χ1) is 12.8. The molecule has 1 aliphatic heterocycles. The molecule has 3 amide bonds. The predicted octanol–water partition coefficient (Wildman–Crippen LogP) is 1.05. The highest BCUT2D eigenvalue weighted by Crippen LogP contribution is 2.12. The quantitative estimate of drug-likeness (QED) is 0.629. The smallest absolute Gasteiger partial charge is 0.337 e. The SMILES string of the molecule is COC(=O)c1ccc(NC(=O)/C(C)=C/C(=O)N2CCN(C(C)=O)CC2)cc1. The fourth-order valence-electron chi connectivity index (χ4n) is 2.62. The van der Waals surface area contributed by atoms with Gasteiger partial charge in [-0.1, -0.05) is 0 Å². The van der Waals surface area contributed by atoms with Crippen molar-refractivity contribution in [3.8, 4) is 0 Å². The number of anilines is 1. The van der Waals surface area contributed by atoms with Gasteiger partial charge in [-0.25, -0.2) is 4.79 Å². The third-order valence-electron chi connectivity index (χ3n) is 4.30. The lowest BCUT2D eigenvalue weighted by Crippen LogP contribution is -2.49. The highest BCUT2D eigenvalue weighted by molar-refractivity contribution is 6.07. The van der Waals surface area contributed by atoms with Crippen molar-refractivity contribution in [2.45, 2.75) is 13.8 Å². The number of benzene rings is 1. The normalized spacial score (nSPS) is 14.6. The van der Waals surface area contributed by atoms with Crippen LogP contribution < -0.4 is 5.32 Å². The van der Waals surface area contributed by atoms with E-state index in [0.717, 1.165) is 0 Å². The van der Waals surface area contributed by atoms with E-state index in [-0.39, 0.29) is 17.4 Å². The summed E-state index contributed by atoms with van der Waals surface area (Å²) in [5, 5.41) is 2.67. The van der Waals surface area contributed by atoms with E-state index in [1.807, 2.05) is 0 Å². The van der Waals surface area contributed by atoms with Crippen LogP contribution in [0.4, 0.5) is 5.69 Å². The van der Waals surface area contributed by atoms with Crippen LogP contribution in [-0.4, -0.2) is 66.8 Å². The number of piperazine rings is 1. The molecule has 1 fully saturated rings. The summed E-state index contributed by atoms with van der Waals surface area (Å²) in [6.45, 7) is 4.93. The second-order valence-corrected chi connectivity index (χ2v) is 6.18. The molecule has 0 saturated carbocycles. The molecule has 27 heavy (non-hydrogen) atoms. The summed E-state index contributed by atoms with van der Waals surface area (Å²) >= 11 is 0. The molecule has 0 aromatic heterocycles. The van der Waals surface area contributed by atoms with Gasteiger partial charge in [-0.2, -0.15) is 0 Å². The fourth-order valence-corrected chi connectivity index (χ4v) is 2.62. The maximum absolute atomic E-state index is 12.3. The molecule has 0 atom stereocenters. The minimum absolute atomic E-state index is 0.00795. The average molecular weight is 373 g/mol. The number of amides is 3. The van der Waals surface area contributed by atoms with E-state index in [9.17, 15) is 19.2 Å². The van der Waals surface area contributed by atoms with E-state index in [1.165, 1.54) is 20.1 Å². The van der Waals surface area contributed by atoms with Gasteiger partial charge in [-0.3, -0.25) is 14.4 Å². The molecule has 0 spiro atoms. The number of hydrogen-bond donors (Lipinski definition) is 1. The van der Waals surface area contributed by atoms with Crippen LogP contribution in [0.25, 0.3) is 0 Å². The molecule has 0 aliphatic carbocycles. The standard InChI is InChI=1S/C19H23N3O5/c1-13(12-17(24)22-10-8-21(9-11-22)14(2)23)18(25)20-16-6-4-15(5-7-16)19(26)27-3/h4-7,12H,8-11H2,1-3H3,(H,20,25)/b13-12+. The second kappa shape index (κ2) is 8.98. The van der Waals surface area contributed by atoms with Crippen LogP contribution in [0.15, 0.2) is 35.9 Å². The van der Waals surface area contributed by atoms with E-state index in [4.69, 9.17) is 0 Å². The van der Waals surface area contributed by atoms with Crippen LogP contribution in [0, 0.1) is 0 Å². The molecule has 1 aliphatic rings. The molecule has 144 valence electrons. The van der Waals surface area contributed by atoms with Crippen LogP contribution in [0.3, 0.4) is 0 Å². The number of methoxy groups -OCH3 is 1. The Labute approximate surface area is 157 Å². The maximum atomic E-state index is 12.3. The van der Waals surface area contributed by atoms with Gasteiger partial charge in [-0.15, -0.1) is 0 Å². The molecule has 1 aromatic carbocycles. The Kier molecular flexibility index (Phi) is 6.70. The molecule has 0 radical (unpaired) electrons. The zero-order chi connectivity index (χ0) is 20.0. The van der Waals surface area contributed by atoms with Crippen LogP contribution in [0.1, 0.15) is 24.2 Å². The highest BCUT2D eigenvalue weighted by atomic mass is 16.5. The van der Waals surface area contributed by atoms with Crippen molar-refractivity contribution in [2.24, 2.45) is 0 Å². The summed E-state index contributed by atoms with van der Waals surface area (Å²) in [5.74, 6) is -1.13. The Morgan fingerprint density at radius 3 is 2.04 bits per heavy atom. The van der Waals surface area contributed by atoms with Crippen LogP contribution in [0.5, 0.6) is 0 Å². The zero-order valence-corrected chi connectivity index (χ0v) is 15.7. The van der Waals surface area contributed by atoms with Crippen molar-refractivity contribution in [1.82, 2.24) is 9.80 Å². The van der Waals surface area contributed by atoms with Crippen LogP contribution in [-0.2, 0) is 19.1 Å². The zero-order valence-electron chi connectivity index (χ0n) is 15.7. The molecule has 0 unspecified atom stereocenters. The number of nitrogens with one attached hydrogen (secondary N) is 1. The first-order valence-electron chi connectivity index (χ1n) is 8.54. The van der Waals surface area contributed by atoms with Crippen molar-refractivity contribution in [2.75, 3.05) is 38.6 Å². The molecule has 1 saturated heterocycles. The average Bonchev–Trinajstić information content (AvgIpc) is 2.67. The molecule has 8 heteroatoms. The topological polar surface area (TPSA) is 96.0 Å². The molecule has 8 nitrogen and oxygen atoms in total. The fraction of sp³-hybridized carbons (Fsp3) is 0.368. The van der Waals surface area contributed by atoms with Crippen molar-refractivity contribution in [3.63, 3.8) is 0 Å². The number of esters is 1. The Morgan fingerprint density at radius 1 is 0.963 bits per heavy atom. The van der Waals surface area contributed by atoms with Crippen molar-refractivity contribution in [1.29, 1.82) is 0 Å². The summed E-state index contributed by atoms with van der Waals surface area (Å²) in [7, 11) is 1.29. The molecular weight excluding hydrogens is 350 g/mol. The van der Waals surface area contributed by atoms with Gasteiger partial charge < -0.3 is 19.9 Å². The molecule has 2 rings (SSSR count). The largest absolute Gasteiger partial charge is 0.465 e. The van der Waals surface area contributed by atoms with E-state index >= 15 is 0 Å². The maximum Gasteiger partial charge on any atom is 0.337 e. The third kappa shape index (κ3) is 5.40. The van der Waals surface area contributed by atoms with Gasteiger partial charge in [0, 0.05) is 50.4 Å². The van der Waals surface area contributed by atoms with Crippen molar-refractivity contribution >= 4 is 29.4 Å². The Hall–Kier alpha value is -3.16. The predicted molar refractivity (Wildman–Crippen MR) is 99.0 cm³/mol. The van der Waals surface area contributed by atoms with E-state index in [1.54, 1.807) is 41.0 Å². The Balaban J connectivity index is 1.93. The van der Waals surface area contributed by atoms with Gasteiger partial charge in [0.05, 0.1) is 12.7 Å². The van der Waals surface area contributed by atoms with E-state index in [2.05, 4.69) is 10.1 Å². The Bertz CT molecular complexity index is 762. The van der Waals surface area contributed by atoms with Crippen molar-refractivity contribution < 1.29 is 23.9 Å². The molecule has 1 aromatic rings. The number of hydrogen-bond acceptors (Lipinski definition) is 5. The van der Waals surface area contributed by atoms with Crippen molar-refractivity contribution in [3.05, 3.63) is 41.5 Å². The number of nitrogens with zero attached hydrogens (tertiary/aromatic N) is 2.